The molecular weight excluding hydrogens is 248 g/mol. The largest absolute Gasteiger partial charge is 0.447 e. The van der Waals surface area contributed by atoms with Crippen molar-refractivity contribution in [3.8, 4) is 0 Å². The third-order valence-electron chi connectivity index (χ3n) is 2.07. The molecule has 2 heterocycles. The Kier molecular flexibility index (Phi) is 2.47. The number of ether oxygens (including phenoxy) is 2. The van der Waals surface area contributed by atoms with Crippen LogP contribution in [0.2, 0.25) is 0 Å². The first-order valence-electron chi connectivity index (χ1n) is 4.23. The maximum Gasteiger partial charge on any atom is 0.422 e. The highest BCUT2D eigenvalue weighted by Crippen LogP contribution is 2.28. The number of rotatable bonds is 2. The molecule has 0 aliphatic carbocycles. The zero-order valence-electron chi connectivity index (χ0n) is 7.59. The van der Waals surface area contributed by atoms with Crippen LogP contribution in [-0.4, -0.2) is 51.3 Å². The second-order valence-corrected chi connectivity index (χ2v) is 6.18. The minimum Gasteiger partial charge on any atom is -0.447 e. The van der Waals surface area contributed by atoms with Crippen LogP contribution in [0.4, 0.5) is 9.59 Å². The standard InChI is InChI=1S/C6H9ClN2O5S/c7-15(12,8-1-3-13-5(8)10)9-2-4-14-6(9)11/h15H,1-4H2. The predicted molar refractivity (Wildman–Crippen MR) is 51.5 cm³/mol. The van der Waals surface area contributed by atoms with Gasteiger partial charge in [0.15, 0.2) is 0 Å². The molecule has 15 heavy (non-hydrogen) atoms. The summed E-state index contributed by atoms with van der Waals surface area (Å²) in [6, 6.07) is 0. The van der Waals surface area contributed by atoms with Crippen LogP contribution in [0.25, 0.3) is 0 Å². The maximum atomic E-state index is 12.1. The van der Waals surface area contributed by atoms with Crippen molar-refractivity contribution in [2.75, 3.05) is 26.3 Å². The first-order valence-corrected chi connectivity index (χ1v) is 6.74. The second kappa shape index (κ2) is 3.53. The number of nitrogens with zero attached hydrogens (tertiary/aromatic N) is 2. The summed E-state index contributed by atoms with van der Waals surface area (Å²) in [5.41, 5.74) is 0. The summed E-state index contributed by atoms with van der Waals surface area (Å²) in [5.74, 6) is 0. The Labute approximate surface area is 91.0 Å². The highest BCUT2D eigenvalue weighted by atomic mass is 35.7. The molecule has 2 saturated heterocycles. The van der Waals surface area contributed by atoms with Gasteiger partial charge in [-0.15, -0.1) is 0 Å². The number of cyclic esters (lactones) is 2. The molecule has 2 aliphatic rings. The van der Waals surface area contributed by atoms with E-state index in [-0.39, 0.29) is 26.3 Å². The van der Waals surface area contributed by atoms with E-state index >= 15 is 0 Å². The van der Waals surface area contributed by atoms with E-state index in [9.17, 15) is 13.8 Å². The van der Waals surface area contributed by atoms with Gasteiger partial charge in [0.25, 0.3) is 0 Å². The van der Waals surface area contributed by atoms with Gasteiger partial charge in [0, 0.05) is 10.7 Å². The molecule has 0 aromatic carbocycles. The summed E-state index contributed by atoms with van der Waals surface area (Å²) in [7, 11) is 2.03. The lowest BCUT2D eigenvalue weighted by atomic mass is 10.7. The second-order valence-electron chi connectivity index (χ2n) is 2.95. The van der Waals surface area contributed by atoms with Crippen molar-refractivity contribution in [1.82, 2.24) is 8.61 Å². The van der Waals surface area contributed by atoms with E-state index in [1.807, 2.05) is 0 Å². The third kappa shape index (κ3) is 1.63. The number of hydrogen-bond donors (Lipinski definition) is 1. The predicted octanol–water partition coefficient (Wildman–Crippen LogP) is -0.109. The normalized spacial score (nSPS) is 23.0. The van der Waals surface area contributed by atoms with Crippen molar-refractivity contribution in [3.05, 3.63) is 0 Å². The van der Waals surface area contributed by atoms with Crippen molar-refractivity contribution in [2.45, 2.75) is 0 Å². The van der Waals surface area contributed by atoms with Crippen molar-refractivity contribution in [1.29, 1.82) is 0 Å². The fraction of sp³-hybridized carbons (Fsp3) is 0.667. The molecule has 9 heteroatoms. The van der Waals surface area contributed by atoms with Gasteiger partial charge < -0.3 is 9.47 Å². The van der Waals surface area contributed by atoms with Gasteiger partial charge in [-0.1, -0.05) is 0 Å². The minimum absolute atomic E-state index is 0.114. The number of thiol groups is 1. The molecule has 0 aromatic heterocycles. The first kappa shape index (κ1) is 10.5. The van der Waals surface area contributed by atoms with Crippen LogP contribution in [0.5, 0.6) is 0 Å². The molecule has 7 nitrogen and oxygen atoms in total. The fourth-order valence-electron chi connectivity index (χ4n) is 1.35. The van der Waals surface area contributed by atoms with Gasteiger partial charge in [-0.3, -0.25) is 0 Å². The molecule has 0 bridgehead atoms. The summed E-state index contributed by atoms with van der Waals surface area (Å²) in [5, 5.41) is 0. The van der Waals surface area contributed by atoms with E-state index in [0.717, 1.165) is 8.61 Å². The van der Waals surface area contributed by atoms with E-state index in [1.54, 1.807) is 0 Å². The lowest BCUT2D eigenvalue weighted by Crippen LogP contribution is -2.46. The smallest absolute Gasteiger partial charge is 0.422 e. The monoisotopic (exact) mass is 256 g/mol. The van der Waals surface area contributed by atoms with Crippen molar-refractivity contribution in [3.63, 3.8) is 0 Å². The molecule has 0 radical (unpaired) electrons. The Morgan fingerprint density at radius 1 is 1.07 bits per heavy atom. The lowest BCUT2D eigenvalue weighted by Gasteiger charge is -2.31. The van der Waals surface area contributed by atoms with E-state index in [2.05, 4.69) is 9.47 Å². The van der Waals surface area contributed by atoms with Crippen LogP contribution >= 0.6 is 10.7 Å². The molecule has 2 fully saturated rings. The summed E-state index contributed by atoms with van der Waals surface area (Å²) in [6.07, 6.45) is -1.54. The summed E-state index contributed by atoms with van der Waals surface area (Å²) in [4.78, 5) is 22.3. The topological polar surface area (TPSA) is 76.2 Å². The SMILES string of the molecule is O=C1OCCN1[SH](=O)(Cl)N1CCOC1=O. The van der Waals surface area contributed by atoms with Gasteiger partial charge in [-0.2, -0.15) is 0 Å². The first-order chi connectivity index (χ1) is 7.03. The van der Waals surface area contributed by atoms with E-state index < -0.39 is 21.7 Å². The highest BCUT2D eigenvalue weighted by molar-refractivity contribution is 8.20. The van der Waals surface area contributed by atoms with Crippen LogP contribution in [0.3, 0.4) is 0 Å². The quantitative estimate of drug-likeness (QED) is 0.551. The number of amides is 2. The molecule has 0 aromatic rings. The van der Waals surface area contributed by atoms with E-state index in [1.165, 1.54) is 0 Å². The van der Waals surface area contributed by atoms with Gasteiger partial charge in [0.05, 0.1) is 13.1 Å². The van der Waals surface area contributed by atoms with Gasteiger partial charge in [0.2, 0.25) is 0 Å². The summed E-state index contributed by atoms with van der Waals surface area (Å²) >= 11 is 0. The number of carbonyl (C=O) groups is 2. The Hall–Kier alpha value is -1.02. The van der Waals surface area contributed by atoms with Crippen LogP contribution in [-0.2, 0) is 19.0 Å². The average Bonchev–Trinajstić information content (AvgIpc) is 2.73. The molecule has 0 saturated carbocycles. The highest BCUT2D eigenvalue weighted by Gasteiger charge is 2.41. The Morgan fingerprint density at radius 2 is 1.47 bits per heavy atom. The molecule has 86 valence electrons. The van der Waals surface area contributed by atoms with Crippen molar-refractivity contribution >= 4 is 32.4 Å². The van der Waals surface area contributed by atoms with E-state index in [4.69, 9.17) is 10.7 Å². The molecule has 2 amide bonds. The number of hydrogen-bond acceptors (Lipinski definition) is 5. The maximum absolute atomic E-state index is 12.1. The lowest BCUT2D eigenvalue weighted by molar-refractivity contribution is 0.167. The molecule has 2 rings (SSSR count). The fourth-order valence-corrected chi connectivity index (χ4v) is 3.61. The Bertz CT molecular complexity index is 331. The third-order valence-corrected chi connectivity index (χ3v) is 5.09. The summed E-state index contributed by atoms with van der Waals surface area (Å²) in [6.45, 7) is 0.476. The van der Waals surface area contributed by atoms with Gasteiger partial charge in [-0.25, -0.2) is 22.4 Å². The number of halogens is 1. The van der Waals surface area contributed by atoms with Crippen LogP contribution < -0.4 is 0 Å². The zero-order valence-corrected chi connectivity index (χ0v) is 9.24. The minimum atomic E-state index is -3.71. The van der Waals surface area contributed by atoms with E-state index in [0.29, 0.717) is 0 Å². The molecule has 0 N–H and O–H groups in total. The van der Waals surface area contributed by atoms with Crippen molar-refractivity contribution in [2.24, 2.45) is 0 Å². The van der Waals surface area contributed by atoms with Gasteiger partial charge in [-0.05, 0) is 0 Å². The average molecular weight is 257 g/mol. The van der Waals surface area contributed by atoms with Crippen LogP contribution in [0.1, 0.15) is 0 Å². The molecule has 0 atom stereocenters. The van der Waals surface area contributed by atoms with Crippen LogP contribution in [0.15, 0.2) is 0 Å². The molecule has 2 aliphatic heterocycles. The van der Waals surface area contributed by atoms with Crippen molar-refractivity contribution < 1.29 is 23.3 Å². The van der Waals surface area contributed by atoms with Gasteiger partial charge >= 0.3 is 12.2 Å². The molecule has 0 spiro atoms. The van der Waals surface area contributed by atoms with Gasteiger partial charge in [0.1, 0.15) is 22.7 Å². The zero-order chi connectivity index (χ0) is 11.1. The number of carbonyl (C=O) groups excluding carboxylic acids is 2. The Morgan fingerprint density at radius 3 is 1.73 bits per heavy atom. The summed E-state index contributed by atoms with van der Waals surface area (Å²) < 4.78 is 23.0. The Balaban J connectivity index is 2.22. The van der Waals surface area contributed by atoms with Crippen LogP contribution in [0, 0.1) is 0 Å². The molecular formula is C6H9ClN2O5S. The molecule has 0 unspecified atom stereocenters.